The molecule has 0 heterocycles. The standard InChI is InChI=1S/C16H30O/c1-4-5-6-16(13-17-3)12-11-15-9-7-14(2)8-10-15/h7,15-16H,4-6,8-13H2,1-3H3. The predicted octanol–water partition coefficient (Wildman–Crippen LogP) is 4.97. The Labute approximate surface area is 108 Å². The molecule has 0 radical (unpaired) electrons. The van der Waals surface area contributed by atoms with Crippen molar-refractivity contribution in [1.82, 2.24) is 0 Å². The Balaban J connectivity index is 2.21. The Hall–Kier alpha value is -0.300. The van der Waals surface area contributed by atoms with Gasteiger partial charge in [-0.2, -0.15) is 0 Å². The Bertz CT molecular complexity index is 220. The lowest BCUT2D eigenvalue weighted by Crippen LogP contribution is -2.12. The van der Waals surface area contributed by atoms with Crippen LogP contribution in [0, 0.1) is 11.8 Å². The van der Waals surface area contributed by atoms with Crippen molar-refractivity contribution < 1.29 is 4.74 Å². The summed E-state index contributed by atoms with van der Waals surface area (Å²) in [7, 11) is 1.84. The van der Waals surface area contributed by atoms with Gasteiger partial charge in [-0.05, 0) is 57.3 Å². The minimum absolute atomic E-state index is 0.798. The van der Waals surface area contributed by atoms with E-state index in [1.807, 2.05) is 7.11 Å². The second-order valence-electron chi connectivity index (χ2n) is 5.73. The lowest BCUT2D eigenvalue weighted by Gasteiger charge is -2.23. The molecule has 0 N–H and O–H groups in total. The Morgan fingerprint density at radius 2 is 2.24 bits per heavy atom. The van der Waals surface area contributed by atoms with Crippen LogP contribution in [-0.2, 0) is 4.74 Å². The highest BCUT2D eigenvalue weighted by Crippen LogP contribution is 2.29. The van der Waals surface area contributed by atoms with E-state index >= 15 is 0 Å². The number of unbranched alkanes of at least 4 members (excludes halogenated alkanes) is 1. The van der Waals surface area contributed by atoms with Gasteiger partial charge >= 0.3 is 0 Å². The van der Waals surface area contributed by atoms with Crippen LogP contribution in [0.5, 0.6) is 0 Å². The smallest absolute Gasteiger partial charge is 0.0490 e. The van der Waals surface area contributed by atoms with Crippen LogP contribution in [-0.4, -0.2) is 13.7 Å². The third-order valence-electron chi connectivity index (χ3n) is 4.10. The average Bonchev–Trinajstić information content (AvgIpc) is 2.35. The van der Waals surface area contributed by atoms with Crippen molar-refractivity contribution in [3.05, 3.63) is 11.6 Å². The number of hydrogen-bond donors (Lipinski definition) is 0. The first-order chi connectivity index (χ1) is 8.26. The van der Waals surface area contributed by atoms with E-state index in [4.69, 9.17) is 4.74 Å². The molecule has 1 rings (SSSR count). The Morgan fingerprint density at radius 1 is 1.41 bits per heavy atom. The summed E-state index contributed by atoms with van der Waals surface area (Å²) in [5.41, 5.74) is 1.60. The summed E-state index contributed by atoms with van der Waals surface area (Å²) in [6.07, 6.45) is 13.3. The van der Waals surface area contributed by atoms with E-state index in [0.717, 1.165) is 18.4 Å². The molecular formula is C16H30O. The van der Waals surface area contributed by atoms with E-state index in [1.54, 1.807) is 5.57 Å². The van der Waals surface area contributed by atoms with Gasteiger partial charge in [-0.25, -0.2) is 0 Å². The second kappa shape index (κ2) is 8.74. The van der Waals surface area contributed by atoms with Gasteiger partial charge in [0.15, 0.2) is 0 Å². The lowest BCUT2D eigenvalue weighted by molar-refractivity contribution is 0.137. The molecule has 0 amide bonds. The maximum atomic E-state index is 5.35. The molecule has 0 aromatic carbocycles. The zero-order valence-electron chi connectivity index (χ0n) is 12.0. The number of methoxy groups -OCH3 is 1. The Morgan fingerprint density at radius 3 is 2.82 bits per heavy atom. The highest BCUT2D eigenvalue weighted by atomic mass is 16.5. The van der Waals surface area contributed by atoms with Gasteiger partial charge in [0, 0.05) is 13.7 Å². The summed E-state index contributed by atoms with van der Waals surface area (Å²) >= 11 is 0. The summed E-state index contributed by atoms with van der Waals surface area (Å²) in [6.45, 7) is 5.51. The zero-order valence-corrected chi connectivity index (χ0v) is 12.0. The van der Waals surface area contributed by atoms with E-state index in [2.05, 4.69) is 19.9 Å². The molecule has 1 nitrogen and oxygen atoms in total. The molecular weight excluding hydrogens is 208 g/mol. The maximum absolute atomic E-state index is 5.35. The topological polar surface area (TPSA) is 9.23 Å². The van der Waals surface area contributed by atoms with Gasteiger partial charge in [0.1, 0.15) is 0 Å². The molecule has 0 aromatic heterocycles. The van der Waals surface area contributed by atoms with Crippen molar-refractivity contribution >= 4 is 0 Å². The number of hydrogen-bond acceptors (Lipinski definition) is 1. The van der Waals surface area contributed by atoms with Crippen LogP contribution >= 0.6 is 0 Å². The van der Waals surface area contributed by atoms with Crippen LogP contribution in [0.1, 0.15) is 65.2 Å². The fraction of sp³-hybridized carbons (Fsp3) is 0.875. The first-order valence-electron chi connectivity index (χ1n) is 7.40. The zero-order chi connectivity index (χ0) is 12.5. The molecule has 1 heteroatoms. The van der Waals surface area contributed by atoms with Crippen molar-refractivity contribution in [3.63, 3.8) is 0 Å². The van der Waals surface area contributed by atoms with Crippen LogP contribution in [0.4, 0.5) is 0 Å². The van der Waals surface area contributed by atoms with Crippen molar-refractivity contribution in [1.29, 1.82) is 0 Å². The van der Waals surface area contributed by atoms with Crippen LogP contribution in [0.25, 0.3) is 0 Å². The minimum atomic E-state index is 0.798. The van der Waals surface area contributed by atoms with Crippen LogP contribution < -0.4 is 0 Å². The van der Waals surface area contributed by atoms with E-state index in [-0.39, 0.29) is 0 Å². The summed E-state index contributed by atoms with van der Waals surface area (Å²) in [4.78, 5) is 0. The fourth-order valence-corrected chi connectivity index (χ4v) is 2.79. The van der Waals surface area contributed by atoms with Crippen LogP contribution in [0.15, 0.2) is 11.6 Å². The van der Waals surface area contributed by atoms with Gasteiger partial charge in [0.05, 0.1) is 0 Å². The molecule has 0 saturated carbocycles. The predicted molar refractivity (Wildman–Crippen MR) is 75.2 cm³/mol. The van der Waals surface area contributed by atoms with Gasteiger partial charge in [-0.15, -0.1) is 0 Å². The molecule has 0 saturated heterocycles. The Kier molecular flexibility index (Phi) is 7.59. The van der Waals surface area contributed by atoms with E-state index in [0.29, 0.717) is 0 Å². The van der Waals surface area contributed by atoms with Crippen molar-refractivity contribution in [2.24, 2.45) is 11.8 Å². The molecule has 100 valence electrons. The fourth-order valence-electron chi connectivity index (χ4n) is 2.79. The van der Waals surface area contributed by atoms with E-state index < -0.39 is 0 Å². The van der Waals surface area contributed by atoms with Gasteiger partial charge in [0.25, 0.3) is 0 Å². The first-order valence-corrected chi connectivity index (χ1v) is 7.40. The number of rotatable bonds is 8. The normalized spacial score (nSPS) is 22.3. The third-order valence-corrected chi connectivity index (χ3v) is 4.10. The second-order valence-corrected chi connectivity index (χ2v) is 5.73. The molecule has 0 fully saturated rings. The van der Waals surface area contributed by atoms with E-state index in [1.165, 1.54) is 51.4 Å². The third kappa shape index (κ3) is 6.26. The van der Waals surface area contributed by atoms with Crippen molar-refractivity contribution in [3.8, 4) is 0 Å². The van der Waals surface area contributed by atoms with Gasteiger partial charge < -0.3 is 4.74 Å². The van der Waals surface area contributed by atoms with Gasteiger partial charge in [-0.3, -0.25) is 0 Å². The van der Waals surface area contributed by atoms with Crippen LogP contribution in [0.2, 0.25) is 0 Å². The first kappa shape index (κ1) is 14.8. The molecule has 0 aliphatic heterocycles. The summed E-state index contributed by atoms with van der Waals surface area (Å²) in [5.74, 6) is 1.74. The van der Waals surface area contributed by atoms with E-state index in [9.17, 15) is 0 Å². The molecule has 1 aliphatic rings. The molecule has 2 atom stereocenters. The summed E-state index contributed by atoms with van der Waals surface area (Å²) < 4.78 is 5.35. The number of allylic oxidation sites excluding steroid dienone is 2. The van der Waals surface area contributed by atoms with Crippen molar-refractivity contribution in [2.75, 3.05) is 13.7 Å². The molecule has 2 unspecified atom stereocenters. The summed E-state index contributed by atoms with van der Waals surface area (Å²) in [5, 5.41) is 0. The molecule has 0 aromatic rings. The monoisotopic (exact) mass is 238 g/mol. The lowest BCUT2D eigenvalue weighted by atomic mass is 9.84. The molecule has 0 spiro atoms. The SMILES string of the molecule is CCCCC(CCC1CC=C(C)CC1)COC. The maximum Gasteiger partial charge on any atom is 0.0490 e. The van der Waals surface area contributed by atoms with Gasteiger partial charge in [0.2, 0.25) is 0 Å². The van der Waals surface area contributed by atoms with Gasteiger partial charge in [-0.1, -0.05) is 31.4 Å². The molecule has 1 aliphatic carbocycles. The van der Waals surface area contributed by atoms with Crippen molar-refractivity contribution in [2.45, 2.75) is 65.2 Å². The molecule has 0 bridgehead atoms. The minimum Gasteiger partial charge on any atom is -0.384 e. The summed E-state index contributed by atoms with van der Waals surface area (Å²) in [6, 6.07) is 0. The number of ether oxygens (including phenoxy) is 1. The highest BCUT2D eigenvalue weighted by molar-refractivity contribution is 5.02. The average molecular weight is 238 g/mol. The highest BCUT2D eigenvalue weighted by Gasteiger charge is 2.15. The van der Waals surface area contributed by atoms with Crippen LogP contribution in [0.3, 0.4) is 0 Å². The largest absolute Gasteiger partial charge is 0.384 e. The molecule has 17 heavy (non-hydrogen) atoms. The quantitative estimate of drug-likeness (QED) is 0.543.